The summed E-state index contributed by atoms with van der Waals surface area (Å²) in [6.07, 6.45) is 0.528. The molecule has 0 atom stereocenters. The molecule has 2 heterocycles. The van der Waals surface area contributed by atoms with Gasteiger partial charge in [0.25, 0.3) is 5.56 Å². The molecule has 4 aromatic rings. The Morgan fingerprint density at radius 2 is 1.97 bits per heavy atom. The van der Waals surface area contributed by atoms with Crippen LogP contribution in [0.15, 0.2) is 67.5 Å². The van der Waals surface area contributed by atoms with Gasteiger partial charge in [0.1, 0.15) is 5.82 Å². The van der Waals surface area contributed by atoms with E-state index in [4.69, 9.17) is 4.52 Å². The van der Waals surface area contributed by atoms with Crippen LogP contribution in [0.1, 0.15) is 22.7 Å². The summed E-state index contributed by atoms with van der Waals surface area (Å²) in [5, 5.41) is 4.42. The molecule has 1 N–H and O–H groups in total. The lowest BCUT2D eigenvalue weighted by atomic mass is 10.1. The SMILES string of the molecule is Cc1nc(SCc2nc(-c3ccc(F)c(Br)c3)no2)[nH]c(=O)c1Cc1ccccc1. The van der Waals surface area contributed by atoms with Gasteiger partial charge in [-0.05, 0) is 46.6 Å². The molecule has 0 saturated heterocycles. The van der Waals surface area contributed by atoms with Gasteiger partial charge in [-0.25, -0.2) is 9.37 Å². The molecule has 0 fully saturated rings. The maximum absolute atomic E-state index is 13.4. The summed E-state index contributed by atoms with van der Waals surface area (Å²) < 4.78 is 19.0. The molecule has 0 bridgehead atoms. The van der Waals surface area contributed by atoms with E-state index in [1.54, 1.807) is 12.1 Å². The van der Waals surface area contributed by atoms with E-state index in [1.807, 2.05) is 37.3 Å². The van der Waals surface area contributed by atoms with E-state index < -0.39 is 0 Å². The van der Waals surface area contributed by atoms with E-state index in [1.165, 1.54) is 17.8 Å². The van der Waals surface area contributed by atoms with Crippen molar-refractivity contribution in [3.63, 3.8) is 0 Å². The van der Waals surface area contributed by atoms with Crippen LogP contribution in [0.5, 0.6) is 0 Å². The topological polar surface area (TPSA) is 84.7 Å². The number of halogens is 2. The van der Waals surface area contributed by atoms with E-state index in [2.05, 4.69) is 36.0 Å². The number of rotatable bonds is 6. The zero-order valence-corrected chi connectivity index (χ0v) is 18.3. The van der Waals surface area contributed by atoms with Gasteiger partial charge in [-0.1, -0.05) is 47.3 Å². The zero-order chi connectivity index (χ0) is 21.1. The molecule has 0 saturated carbocycles. The van der Waals surface area contributed by atoms with Crippen LogP contribution in [0.4, 0.5) is 4.39 Å². The van der Waals surface area contributed by atoms with E-state index in [-0.39, 0.29) is 11.4 Å². The fourth-order valence-corrected chi connectivity index (χ4v) is 3.98. The predicted molar refractivity (Wildman–Crippen MR) is 116 cm³/mol. The first-order valence-electron chi connectivity index (χ1n) is 9.04. The minimum Gasteiger partial charge on any atom is -0.338 e. The Morgan fingerprint density at radius 3 is 2.70 bits per heavy atom. The lowest BCUT2D eigenvalue weighted by Gasteiger charge is -2.06. The summed E-state index contributed by atoms with van der Waals surface area (Å²) in [6.45, 7) is 1.83. The smallest absolute Gasteiger partial charge is 0.255 e. The molecule has 0 aliphatic heterocycles. The van der Waals surface area contributed by atoms with Crippen LogP contribution in [-0.4, -0.2) is 20.1 Å². The van der Waals surface area contributed by atoms with Crippen molar-refractivity contribution in [1.82, 2.24) is 20.1 Å². The van der Waals surface area contributed by atoms with Crippen molar-refractivity contribution in [2.45, 2.75) is 24.3 Å². The molecule has 152 valence electrons. The van der Waals surface area contributed by atoms with Gasteiger partial charge in [0, 0.05) is 23.2 Å². The zero-order valence-electron chi connectivity index (χ0n) is 15.9. The van der Waals surface area contributed by atoms with Crippen LogP contribution < -0.4 is 5.56 Å². The van der Waals surface area contributed by atoms with Gasteiger partial charge in [-0.15, -0.1) is 0 Å². The normalized spacial score (nSPS) is 11.0. The molecule has 0 aliphatic carbocycles. The van der Waals surface area contributed by atoms with Crippen LogP contribution in [0, 0.1) is 12.7 Å². The quantitative estimate of drug-likeness (QED) is 0.307. The predicted octanol–water partition coefficient (Wildman–Crippen LogP) is 4.91. The van der Waals surface area contributed by atoms with Gasteiger partial charge in [-0.3, -0.25) is 4.79 Å². The number of aryl methyl sites for hydroxylation is 1. The number of thioether (sulfide) groups is 1. The van der Waals surface area contributed by atoms with Crippen LogP contribution in [0.3, 0.4) is 0 Å². The summed E-state index contributed by atoms with van der Waals surface area (Å²) in [7, 11) is 0. The minimum atomic E-state index is -0.362. The molecule has 6 nitrogen and oxygen atoms in total. The third-order valence-electron chi connectivity index (χ3n) is 4.40. The Kier molecular flexibility index (Phi) is 6.10. The summed E-state index contributed by atoms with van der Waals surface area (Å²) >= 11 is 4.44. The highest BCUT2D eigenvalue weighted by atomic mass is 79.9. The van der Waals surface area contributed by atoms with Crippen molar-refractivity contribution in [3.8, 4) is 11.4 Å². The van der Waals surface area contributed by atoms with Gasteiger partial charge in [-0.2, -0.15) is 4.98 Å². The number of H-pyrrole nitrogens is 1. The second-order valence-electron chi connectivity index (χ2n) is 6.53. The number of aromatic nitrogens is 4. The van der Waals surface area contributed by atoms with Crippen molar-refractivity contribution >= 4 is 27.7 Å². The van der Waals surface area contributed by atoms with Crippen molar-refractivity contribution < 1.29 is 8.91 Å². The summed E-state index contributed by atoms with van der Waals surface area (Å²) in [6, 6.07) is 14.3. The Bertz CT molecular complexity index is 1240. The molecule has 4 rings (SSSR count). The van der Waals surface area contributed by atoms with Crippen molar-refractivity contribution in [2.75, 3.05) is 0 Å². The molecular formula is C21H16BrFN4O2S. The molecule has 0 amide bonds. The molecule has 2 aromatic heterocycles. The standard InChI is InChI=1S/C21H16BrFN4O2S/c1-12-15(9-13-5-3-2-4-6-13)20(28)26-21(24-12)30-11-18-25-19(27-29-18)14-7-8-17(23)16(22)10-14/h2-8,10H,9,11H2,1H3,(H,24,26,28). The number of aromatic amines is 1. The number of nitrogens with zero attached hydrogens (tertiary/aromatic N) is 3. The Morgan fingerprint density at radius 1 is 1.17 bits per heavy atom. The van der Waals surface area contributed by atoms with Gasteiger partial charge < -0.3 is 9.51 Å². The average molecular weight is 487 g/mol. The van der Waals surface area contributed by atoms with Gasteiger partial charge in [0.2, 0.25) is 11.7 Å². The fraction of sp³-hybridized carbons (Fsp3) is 0.143. The lowest BCUT2D eigenvalue weighted by molar-refractivity contribution is 0.391. The Hall–Kier alpha value is -2.78. The van der Waals surface area contributed by atoms with E-state index in [0.29, 0.717) is 50.3 Å². The van der Waals surface area contributed by atoms with Crippen LogP contribution in [-0.2, 0) is 12.2 Å². The maximum Gasteiger partial charge on any atom is 0.255 e. The number of hydrogen-bond donors (Lipinski definition) is 1. The summed E-state index contributed by atoms with van der Waals surface area (Å²) in [5.41, 5.74) is 2.87. The van der Waals surface area contributed by atoms with Gasteiger partial charge in [0.15, 0.2) is 5.16 Å². The third-order valence-corrected chi connectivity index (χ3v) is 5.87. The molecule has 0 aliphatic rings. The van der Waals surface area contributed by atoms with Crippen LogP contribution >= 0.6 is 27.7 Å². The first-order valence-corrected chi connectivity index (χ1v) is 10.8. The minimum absolute atomic E-state index is 0.156. The third kappa shape index (κ3) is 4.68. The first-order chi connectivity index (χ1) is 14.5. The highest BCUT2D eigenvalue weighted by Crippen LogP contribution is 2.25. The molecular weight excluding hydrogens is 471 g/mol. The first kappa shape index (κ1) is 20.5. The van der Waals surface area contributed by atoms with Crippen LogP contribution in [0.25, 0.3) is 11.4 Å². The van der Waals surface area contributed by atoms with Crippen molar-refractivity contribution in [3.05, 3.63) is 91.9 Å². The highest BCUT2D eigenvalue weighted by molar-refractivity contribution is 9.10. The van der Waals surface area contributed by atoms with E-state index in [9.17, 15) is 9.18 Å². The Balaban J connectivity index is 1.46. The van der Waals surface area contributed by atoms with Crippen molar-refractivity contribution in [1.29, 1.82) is 0 Å². The molecule has 0 spiro atoms. The number of benzene rings is 2. The maximum atomic E-state index is 13.4. The monoisotopic (exact) mass is 486 g/mol. The lowest BCUT2D eigenvalue weighted by Crippen LogP contribution is -2.17. The van der Waals surface area contributed by atoms with Crippen molar-refractivity contribution in [2.24, 2.45) is 0 Å². The highest BCUT2D eigenvalue weighted by Gasteiger charge is 2.13. The average Bonchev–Trinajstić information content (AvgIpc) is 3.21. The molecule has 2 aromatic carbocycles. The fourth-order valence-electron chi connectivity index (χ4n) is 2.86. The second kappa shape index (κ2) is 8.93. The largest absolute Gasteiger partial charge is 0.338 e. The van der Waals surface area contributed by atoms with Gasteiger partial charge >= 0.3 is 0 Å². The Labute approximate surface area is 184 Å². The van der Waals surface area contributed by atoms with Gasteiger partial charge in [0.05, 0.1) is 10.2 Å². The number of hydrogen-bond acceptors (Lipinski definition) is 6. The molecule has 30 heavy (non-hydrogen) atoms. The molecule has 0 unspecified atom stereocenters. The van der Waals surface area contributed by atoms with Crippen LogP contribution in [0.2, 0.25) is 0 Å². The summed E-state index contributed by atoms with van der Waals surface area (Å²) in [5.74, 6) is 0.723. The molecule has 9 heteroatoms. The molecule has 0 radical (unpaired) electrons. The van der Waals surface area contributed by atoms with E-state index >= 15 is 0 Å². The van der Waals surface area contributed by atoms with E-state index in [0.717, 1.165) is 5.56 Å². The summed E-state index contributed by atoms with van der Waals surface area (Å²) in [4.78, 5) is 24.2. The second-order valence-corrected chi connectivity index (χ2v) is 8.35. The number of nitrogens with one attached hydrogen (secondary N) is 1.